The first kappa shape index (κ1) is 21.6. The third-order valence-corrected chi connectivity index (χ3v) is 5.06. The van der Waals surface area contributed by atoms with Gasteiger partial charge < -0.3 is 10.1 Å². The Labute approximate surface area is 167 Å². The first-order valence-corrected chi connectivity index (χ1v) is 9.70. The molecule has 0 spiro atoms. The van der Waals surface area contributed by atoms with Crippen LogP contribution in [0.5, 0.6) is 0 Å². The molecule has 0 saturated carbocycles. The second-order valence-corrected chi connectivity index (χ2v) is 7.41. The molecule has 1 amide bonds. The van der Waals surface area contributed by atoms with Crippen molar-refractivity contribution in [3.05, 3.63) is 71.5 Å². The fraction of sp³-hybridized carbons (Fsp3) is 0.286. The van der Waals surface area contributed by atoms with Gasteiger partial charge in [0, 0.05) is 12.7 Å². The van der Waals surface area contributed by atoms with Crippen LogP contribution in [0, 0.1) is 11.7 Å². The number of esters is 1. The van der Waals surface area contributed by atoms with E-state index in [1.807, 2.05) is 30.3 Å². The fourth-order valence-corrected chi connectivity index (χ4v) is 3.39. The van der Waals surface area contributed by atoms with Gasteiger partial charge in [0.15, 0.2) is 11.2 Å². The molecule has 0 aliphatic rings. The van der Waals surface area contributed by atoms with E-state index in [1.165, 1.54) is 32.2 Å². The zero-order chi connectivity index (χ0) is 20.5. The molecule has 0 fully saturated rings. The zero-order valence-corrected chi connectivity index (χ0v) is 16.5. The van der Waals surface area contributed by atoms with Gasteiger partial charge in [-0.1, -0.05) is 54.2 Å². The number of hydrogen-bond donors (Lipinski definition) is 1. The second kappa shape index (κ2) is 10.6. The summed E-state index contributed by atoms with van der Waals surface area (Å²) in [4.78, 5) is 36.5. The molecule has 0 bridgehead atoms. The fourth-order valence-electron chi connectivity index (χ4n) is 2.69. The lowest BCUT2D eigenvalue weighted by Gasteiger charge is -2.21. The minimum Gasteiger partial charge on any atom is -0.467 e. The smallest absolute Gasteiger partial charge is 0.333 e. The summed E-state index contributed by atoms with van der Waals surface area (Å²) >= 11 is 1.05. The second-order valence-electron chi connectivity index (χ2n) is 6.21. The number of thioether (sulfide) groups is 1. The summed E-state index contributed by atoms with van der Waals surface area (Å²) in [5.41, 5.74) is 1.23. The molecule has 2 rings (SSSR count). The van der Waals surface area contributed by atoms with Crippen LogP contribution < -0.4 is 5.32 Å². The van der Waals surface area contributed by atoms with Gasteiger partial charge in [-0.2, -0.15) is 0 Å². The van der Waals surface area contributed by atoms with E-state index in [1.54, 1.807) is 6.07 Å². The van der Waals surface area contributed by atoms with Gasteiger partial charge in [0.25, 0.3) is 0 Å². The summed E-state index contributed by atoms with van der Waals surface area (Å²) in [6, 6.07) is 13.7. The van der Waals surface area contributed by atoms with E-state index >= 15 is 0 Å². The molecule has 0 aromatic heterocycles. The molecule has 2 aromatic rings. The lowest BCUT2D eigenvalue weighted by atomic mass is 9.99. The molecule has 2 aromatic carbocycles. The SMILES string of the molecule is COC(=O)C(NC(=O)C(CSC(C)=O)Cc1ccccc1)c1cccc(F)c1. The number of ether oxygens (including phenoxy) is 1. The van der Waals surface area contributed by atoms with Crippen LogP contribution in [0.4, 0.5) is 4.39 Å². The largest absolute Gasteiger partial charge is 0.467 e. The average molecular weight is 403 g/mol. The van der Waals surface area contributed by atoms with Gasteiger partial charge in [0.1, 0.15) is 5.82 Å². The molecule has 2 unspecified atom stereocenters. The van der Waals surface area contributed by atoms with E-state index in [2.05, 4.69) is 5.32 Å². The van der Waals surface area contributed by atoms with Crippen molar-refractivity contribution < 1.29 is 23.5 Å². The summed E-state index contributed by atoms with van der Waals surface area (Å²) in [5.74, 6) is -1.90. The van der Waals surface area contributed by atoms with Gasteiger partial charge in [-0.15, -0.1) is 0 Å². The first-order chi connectivity index (χ1) is 13.4. The van der Waals surface area contributed by atoms with Crippen molar-refractivity contribution in [1.29, 1.82) is 0 Å². The van der Waals surface area contributed by atoms with Gasteiger partial charge in [0.2, 0.25) is 5.91 Å². The lowest BCUT2D eigenvalue weighted by Crippen LogP contribution is -2.40. The summed E-state index contributed by atoms with van der Waals surface area (Å²) < 4.78 is 18.4. The predicted octanol–water partition coefficient (Wildman–Crippen LogP) is 3.29. The van der Waals surface area contributed by atoms with Crippen molar-refractivity contribution in [2.45, 2.75) is 19.4 Å². The average Bonchev–Trinajstić information content (AvgIpc) is 2.69. The van der Waals surface area contributed by atoms with Crippen molar-refractivity contribution in [2.24, 2.45) is 5.92 Å². The van der Waals surface area contributed by atoms with E-state index in [-0.39, 0.29) is 16.4 Å². The predicted molar refractivity (Wildman–Crippen MR) is 106 cm³/mol. The molecule has 0 radical (unpaired) electrons. The van der Waals surface area contributed by atoms with E-state index in [0.717, 1.165) is 17.3 Å². The summed E-state index contributed by atoms with van der Waals surface area (Å²) in [5, 5.41) is 2.55. The van der Waals surface area contributed by atoms with Crippen LogP contribution in [0.15, 0.2) is 54.6 Å². The van der Waals surface area contributed by atoms with Gasteiger partial charge in [-0.05, 0) is 29.7 Å². The number of hydrogen-bond acceptors (Lipinski definition) is 5. The lowest BCUT2D eigenvalue weighted by molar-refractivity contribution is -0.145. The highest BCUT2D eigenvalue weighted by Crippen LogP contribution is 2.20. The number of halogens is 1. The molecule has 7 heteroatoms. The Bertz CT molecular complexity index is 828. The Morgan fingerprint density at radius 2 is 1.82 bits per heavy atom. The Hall–Kier alpha value is -2.67. The van der Waals surface area contributed by atoms with Gasteiger partial charge >= 0.3 is 5.97 Å². The van der Waals surface area contributed by atoms with Crippen LogP contribution in [0.1, 0.15) is 24.1 Å². The van der Waals surface area contributed by atoms with Gasteiger partial charge in [-0.25, -0.2) is 9.18 Å². The Morgan fingerprint density at radius 3 is 2.43 bits per heavy atom. The quantitative estimate of drug-likeness (QED) is 0.685. The number of rotatable bonds is 8. The minimum atomic E-state index is -1.13. The molecule has 148 valence electrons. The Balaban J connectivity index is 2.22. The van der Waals surface area contributed by atoms with Gasteiger partial charge in [-0.3, -0.25) is 9.59 Å². The maximum Gasteiger partial charge on any atom is 0.333 e. The number of benzene rings is 2. The molecule has 0 saturated heterocycles. The van der Waals surface area contributed by atoms with Crippen molar-refractivity contribution in [1.82, 2.24) is 5.32 Å². The third kappa shape index (κ3) is 6.49. The van der Waals surface area contributed by atoms with Crippen molar-refractivity contribution in [3.8, 4) is 0 Å². The van der Waals surface area contributed by atoms with Crippen LogP contribution >= 0.6 is 11.8 Å². The van der Waals surface area contributed by atoms with Crippen molar-refractivity contribution >= 4 is 28.8 Å². The number of amides is 1. The summed E-state index contributed by atoms with van der Waals surface area (Å²) in [7, 11) is 1.20. The molecule has 0 aliphatic carbocycles. The Kier molecular flexibility index (Phi) is 8.19. The van der Waals surface area contributed by atoms with Crippen LogP contribution in [0.2, 0.25) is 0 Å². The Morgan fingerprint density at radius 1 is 1.11 bits per heavy atom. The molecule has 0 aliphatic heterocycles. The number of carbonyl (C=O) groups is 3. The van der Waals surface area contributed by atoms with E-state index < -0.39 is 29.7 Å². The van der Waals surface area contributed by atoms with E-state index in [0.29, 0.717) is 6.42 Å². The summed E-state index contributed by atoms with van der Waals surface area (Å²) in [6.45, 7) is 1.44. The topological polar surface area (TPSA) is 72.5 Å². The first-order valence-electron chi connectivity index (χ1n) is 8.71. The monoisotopic (exact) mass is 403 g/mol. The summed E-state index contributed by atoms with van der Waals surface area (Å²) in [6.07, 6.45) is 0.407. The van der Waals surface area contributed by atoms with Crippen LogP contribution in [0.3, 0.4) is 0 Å². The van der Waals surface area contributed by atoms with E-state index in [4.69, 9.17) is 4.74 Å². The normalized spacial score (nSPS) is 12.7. The molecule has 0 heterocycles. The highest BCUT2D eigenvalue weighted by molar-refractivity contribution is 8.13. The number of methoxy groups -OCH3 is 1. The molecular weight excluding hydrogens is 381 g/mol. The van der Waals surface area contributed by atoms with Crippen LogP contribution in [-0.2, 0) is 25.5 Å². The molecule has 5 nitrogen and oxygen atoms in total. The third-order valence-electron chi connectivity index (χ3n) is 4.09. The molecular formula is C21H22FNO4S. The highest BCUT2D eigenvalue weighted by Gasteiger charge is 2.28. The number of nitrogens with one attached hydrogen (secondary N) is 1. The standard InChI is InChI=1S/C21H22FNO4S/c1-14(24)28-13-17(11-15-7-4-3-5-8-15)20(25)23-19(21(26)27-2)16-9-6-10-18(22)12-16/h3-10,12,17,19H,11,13H2,1-2H3,(H,23,25). The zero-order valence-electron chi connectivity index (χ0n) is 15.7. The maximum atomic E-state index is 13.6. The highest BCUT2D eigenvalue weighted by atomic mass is 32.2. The molecule has 1 N–H and O–H groups in total. The van der Waals surface area contributed by atoms with Crippen molar-refractivity contribution in [2.75, 3.05) is 12.9 Å². The molecule has 28 heavy (non-hydrogen) atoms. The molecule has 2 atom stereocenters. The minimum absolute atomic E-state index is 0.0967. The van der Waals surface area contributed by atoms with Crippen LogP contribution in [-0.4, -0.2) is 29.9 Å². The number of carbonyl (C=O) groups excluding carboxylic acids is 3. The van der Waals surface area contributed by atoms with Crippen molar-refractivity contribution in [3.63, 3.8) is 0 Å². The van der Waals surface area contributed by atoms with Crippen LogP contribution in [0.25, 0.3) is 0 Å². The van der Waals surface area contributed by atoms with E-state index in [9.17, 15) is 18.8 Å². The maximum absolute atomic E-state index is 13.6. The van der Waals surface area contributed by atoms with Gasteiger partial charge in [0.05, 0.1) is 13.0 Å².